The molecule has 4 heteroatoms. The van der Waals surface area contributed by atoms with Crippen molar-refractivity contribution in [3.8, 4) is 0 Å². The molecule has 1 aromatic carbocycles. The Bertz CT molecular complexity index is 478. The third kappa shape index (κ3) is 4.26. The number of halogens is 1. The van der Waals surface area contributed by atoms with Crippen LogP contribution in [0.15, 0.2) is 46.5 Å². The van der Waals surface area contributed by atoms with E-state index in [-0.39, 0.29) is 4.90 Å². The van der Waals surface area contributed by atoms with E-state index in [4.69, 9.17) is 0 Å². The van der Waals surface area contributed by atoms with E-state index in [1.165, 1.54) is 18.2 Å². The van der Waals surface area contributed by atoms with E-state index >= 15 is 0 Å². The van der Waals surface area contributed by atoms with Crippen LogP contribution in [0.25, 0.3) is 0 Å². The number of hydrogen-bond acceptors (Lipinski definition) is 2. The van der Waals surface area contributed by atoms with Crippen LogP contribution in [0.1, 0.15) is 39.0 Å². The summed E-state index contributed by atoms with van der Waals surface area (Å²) in [5.74, 6) is 0. The molecule has 0 saturated carbocycles. The molecule has 2 nitrogen and oxygen atoms in total. The average Bonchev–Trinajstić information content (AvgIpc) is 2.39. The molecule has 0 aliphatic rings. The van der Waals surface area contributed by atoms with Crippen LogP contribution in [-0.2, 0) is 9.84 Å². The molecule has 18 heavy (non-hydrogen) atoms. The Balaban J connectivity index is 2.65. The van der Waals surface area contributed by atoms with E-state index < -0.39 is 15.0 Å². The van der Waals surface area contributed by atoms with Gasteiger partial charge in [-0.15, -0.1) is 0 Å². The monoisotopic (exact) mass is 270 g/mol. The Labute approximate surface area is 108 Å². The minimum atomic E-state index is -3.94. The second-order valence-corrected chi connectivity index (χ2v) is 6.04. The summed E-state index contributed by atoms with van der Waals surface area (Å²) in [6.07, 6.45) is 5.68. The lowest BCUT2D eigenvalue weighted by molar-refractivity contribution is 0.574. The van der Waals surface area contributed by atoms with Gasteiger partial charge < -0.3 is 0 Å². The summed E-state index contributed by atoms with van der Waals surface area (Å²) in [7, 11) is -3.94. The van der Waals surface area contributed by atoms with Gasteiger partial charge in [0.25, 0.3) is 0 Å². The van der Waals surface area contributed by atoms with Crippen LogP contribution in [0.3, 0.4) is 0 Å². The molecule has 0 aromatic heterocycles. The maximum atomic E-state index is 13.6. The van der Waals surface area contributed by atoms with Gasteiger partial charge >= 0.3 is 0 Å². The van der Waals surface area contributed by atoms with Crippen molar-refractivity contribution in [3.63, 3.8) is 0 Å². The Kier molecular flexibility index (Phi) is 6.05. The van der Waals surface area contributed by atoms with Crippen LogP contribution < -0.4 is 0 Å². The molecular formula is C14H19FO2S. The predicted octanol–water partition coefficient (Wildman–Crippen LogP) is 4.24. The molecule has 0 bridgehead atoms. The zero-order chi connectivity index (χ0) is 13.4. The summed E-state index contributed by atoms with van der Waals surface area (Å²) >= 11 is 0. The zero-order valence-corrected chi connectivity index (χ0v) is 11.4. The fourth-order valence-electron chi connectivity index (χ4n) is 1.61. The Morgan fingerprint density at radius 1 is 1.17 bits per heavy atom. The van der Waals surface area contributed by atoms with Crippen molar-refractivity contribution in [2.45, 2.75) is 43.9 Å². The van der Waals surface area contributed by atoms with Crippen molar-refractivity contribution in [1.82, 2.24) is 0 Å². The van der Waals surface area contributed by atoms with E-state index in [2.05, 4.69) is 6.92 Å². The quantitative estimate of drug-likeness (QED) is 0.694. The Morgan fingerprint density at radius 3 is 2.44 bits per heavy atom. The van der Waals surface area contributed by atoms with Gasteiger partial charge in [0.05, 0.1) is 4.90 Å². The number of hydrogen-bond donors (Lipinski definition) is 0. The Morgan fingerprint density at radius 2 is 1.83 bits per heavy atom. The fraction of sp³-hybridized carbons (Fsp3) is 0.429. The van der Waals surface area contributed by atoms with E-state index in [1.54, 1.807) is 18.2 Å². The van der Waals surface area contributed by atoms with Gasteiger partial charge in [-0.05, 0) is 31.1 Å². The first kappa shape index (κ1) is 14.9. The molecule has 0 unspecified atom stereocenters. The largest absolute Gasteiger partial charge is 0.232 e. The molecule has 0 saturated heterocycles. The molecular weight excluding hydrogens is 251 g/mol. The van der Waals surface area contributed by atoms with E-state index in [1.807, 2.05) is 0 Å². The number of sulfone groups is 1. The smallest absolute Gasteiger partial charge is 0.216 e. The lowest BCUT2D eigenvalue weighted by Crippen LogP contribution is -2.01. The average molecular weight is 270 g/mol. The summed E-state index contributed by atoms with van der Waals surface area (Å²) in [6.45, 7) is 2.09. The fourth-order valence-corrected chi connectivity index (χ4v) is 2.69. The summed E-state index contributed by atoms with van der Waals surface area (Å²) in [4.78, 5) is 0.00677. The van der Waals surface area contributed by atoms with Crippen LogP contribution in [0, 0.1) is 0 Å². The highest BCUT2D eigenvalue weighted by Crippen LogP contribution is 2.20. The van der Waals surface area contributed by atoms with Gasteiger partial charge in [-0.1, -0.05) is 44.4 Å². The van der Waals surface area contributed by atoms with Gasteiger partial charge in [-0.25, -0.2) is 8.42 Å². The molecule has 0 heterocycles. The second kappa shape index (κ2) is 7.31. The first-order valence-electron chi connectivity index (χ1n) is 6.25. The molecule has 0 fully saturated rings. The molecule has 0 aliphatic carbocycles. The number of benzene rings is 1. The van der Waals surface area contributed by atoms with Crippen molar-refractivity contribution < 1.29 is 12.8 Å². The maximum Gasteiger partial charge on any atom is 0.232 e. The van der Waals surface area contributed by atoms with Crippen LogP contribution in [0.5, 0.6) is 0 Å². The van der Waals surface area contributed by atoms with E-state index in [0.717, 1.165) is 25.7 Å². The topological polar surface area (TPSA) is 34.1 Å². The van der Waals surface area contributed by atoms with Crippen molar-refractivity contribution >= 4 is 9.84 Å². The number of rotatable bonds is 7. The highest BCUT2D eigenvalue weighted by molar-refractivity contribution is 7.95. The molecule has 0 N–H and O–H groups in total. The van der Waals surface area contributed by atoms with Gasteiger partial charge in [0.1, 0.15) is 0 Å². The molecule has 0 atom stereocenters. The highest BCUT2D eigenvalue weighted by Gasteiger charge is 2.19. The van der Waals surface area contributed by atoms with Gasteiger partial charge in [0, 0.05) is 0 Å². The lowest BCUT2D eigenvalue weighted by Gasteiger charge is -2.01. The third-order valence-corrected chi connectivity index (χ3v) is 4.25. The van der Waals surface area contributed by atoms with Gasteiger partial charge in [-0.2, -0.15) is 4.39 Å². The predicted molar refractivity (Wildman–Crippen MR) is 71.6 cm³/mol. The lowest BCUT2D eigenvalue weighted by atomic mass is 10.2. The summed E-state index contributed by atoms with van der Waals surface area (Å²) in [5, 5.41) is -1.04. The first-order valence-corrected chi connectivity index (χ1v) is 7.73. The standard InChI is InChI=1S/C14H19FO2S/c1-2-3-4-5-9-12-14(15)18(16,17)13-10-7-6-8-11-13/h6-8,10-12H,2-5,9H2,1H3/b14-12-. The third-order valence-electron chi connectivity index (χ3n) is 2.67. The van der Waals surface area contributed by atoms with Crippen LogP contribution in [-0.4, -0.2) is 8.42 Å². The van der Waals surface area contributed by atoms with Gasteiger partial charge in [0.15, 0.2) is 0 Å². The molecule has 100 valence electrons. The summed E-state index contributed by atoms with van der Waals surface area (Å²) in [6, 6.07) is 7.67. The van der Waals surface area contributed by atoms with Crippen LogP contribution >= 0.6 is 0 Å². The van der Waals surface area contributed by atoms with E-state index in [9.17, 15) is 12.8 Å². The molecule has 1 rings (SSSR count). The van der Waals surface area contributed by atoms with Crippen molar-refractivity contribution in [1.29, 1.82) is 0 Å². The number of unbranched alkanes of at least 4 members (excludes halogenated alkanes) is 4. The molecule has 0 amide bonds. The minimum Gasteiger partial charge on any atom is -0.216 e. The SMILES string of the molecule is CCCCCC/C=C(/F)S(=O)(=O)c1ccccc1. The van der Waals surface area contributed by atoms with Crippen molar-refractivity contribution in [2.75, 3.05) is 0 Å². The summed E-state index contributed by atoms with van der Waals surface area (Å²) in [5.41, 5.74) is 0. The minimum absolute atomic E-state index is 0.00677. The highest BCUT2D eigenvalue weighted by atomic mass is 32.2. The first-order chi connectivity index (χ1) is 8.59. The maximum absolute atomic E-state index is 13.6. The van der Waals surface area contributed by atoms with Crippen molar-refractivity contribution in [3.05, 3.63) is 41.6 Å². The zero-order valence-electron chi connectivity index (χ0n) is 10.6. The summed E-state index contributed by atoms with van der Waals surface area (Å²) < 4.78 is 37.3. The Hall–Kier alpha value is -1.16. The molecule has 0 radical (unpaired) electrons. The molecule has 0 spiro atoms. The van der Waals surface area contributed by atoms with Crippen molar-refractivity contribution in [2.24, 2.45) is 0 Å². The van der Waals surface area contributed by atoms with E-state index in [0.29, 0.717) is 6.42 Å². The van der Waals surface area contributed by atoms with Crippen LogP contribution in [0.4, 0.5) is 4.39 Å². The van der Waals surface area contributed by atoms with Gasteiger partial charge in [-0.3, -0.25) is 0 Å². The van der Waals surface area contributed by atoms with Crippen LogP contribution in [0.2, 0.25) is 0 Å². The second-order valence-electron chi connectivity index (χ2n) is 4.17. The molecule has 1 aromatic rings. The normalized spacial score (nSPS) is 12.7. The van der Waals surface area contributed by atoms with Gasteiger partial charge in [0.2, 0.25) is 15.0 Å². The molecule has 0 aliphatic heterocycles. The number of allylic oxidation sites excluding steroid dienone is 1.